The number of nitrogens with zero attached hydrogens (tertiary/aromatic N) is 2. The molecular formula is C19H35N3O. The zero-order valence-electron chi connectivity index (χ0n) is 15.3. The van der Waals surface area contributed by atoms with E-state index in [0.29, 0.717) is 0 Å². The van der Waals surface area contributed by atoms with Crippen LogP contribution in [0.2, 0.25) is 0 Å². The van der Waals surface area contributed by atoms with Crippen LogP contribution in [0.5, 0.6) is 0 Å². The predicted octanol–water partition coefficient (Wildman–Crippen LogP) is 3.45. The van der Waals surface area contributed by atoms with Crippen LogP contribution >= 0.6 is 0 Å². The second kappa shape index (κ2) is 9.96. The normalized spacial score (nSPS) is 22.6. The number of rotatable bonds is 7. The van der Waals surface area contributed by atoms with Crippen molar-refractivity contribution in [2.24, 2.45) is 16.8 Å². The molecule has 0 aliphatic carbocycles. The Morgan fingerprint density at radius 1 is 1.39 bits per heavy atom. The van der Waals surface area contributed by atoms with Crippen LogP contribution in [0, 0.1) is 11.8 Å². The van der Waals surface area contributed by atoms with Crippen molar-refractivity contribution in [3.63, 3.8) is 0 Å². The van der Waals surface area contributed by atoms with Gasteiger partial charge in [0.25, 0.3) is 0 Å². The molecule has 2 aliphatic rings. The minimum atomic E-state index is 0.780. The molecular weight excluding hydrogens is 286 g/mol. The number of likely N-dealkylation sites (tertiary alicyclic amines) is 1. The van der Waals surface area contributed by atoms with Gasteiger partial charge in [0, 0.05) is 26.2 Å². The van der Waals surface area contributed by atoms with Crippen LogP contribution in [0.3, 0.4) is 0 Å². The van der Waals surface area contributed by atoms with E-state index in [-0.39, 0.29) is 0 Å². The van der Waals surface area contributed by atoms with E-state index >= 15 is 0 Å². The fourth-order valence-corrected chi connectivity index (χ4v) is 3.84. The van der Waals surface area contributed by atoms with Gasteiger partial charge in [-0.05, 0) is 38.0 Å². The lowest BCUT2D eigenvalue weighted by atomic mass is 9.87. The van der Waals surface area contributed by atoms with Crippen molar-refractivity contribution in [1.82, 2.24) is 10.2 Å². The highest BCUT2D eigenvalue weighted by Gasteiger charge is 2.29. The summed E-state index contributed by atoms with van der Waals surface area (Å²) in [7, 11) is 0. The van der Waals surface area contributed by atoms with Gasteiger partial charge in [0.15, 0.2) is 5.96 Å². The van der Waals surface area contributed by atoms with Gasteiger partial charge in [0.05, 0.1) is 13.2 Å². The molecule has 2 rings (SSSR count). The fourth-order valence-electron chi connectivity index (χ4n) is 3.84. The summed E-state index contributed by atoms with van der Waals surface area (Å²) in [6.07, 6.45) is 8.30. The fraction of sp³-hybridized carbons (Fsp3) is 0.842. The molecule has 2 aliphatic heterocycles. The minimum absolute atomic E-state index is 0.780. The van der Waals surface area contributed by atoms with E-state index < -0.39 is 0 Å². The van der Waals surface area contributed by atoms with Gasteiger partial charge in [-0.25, -0.2) is 0 Å². The van der Waals surface area contributed by atoms with Gasteiger partial charge in [-0.3, -0.25) is 4.99 Å². The van der Waals surface area contributed by atoms with Gasteiger partial charge >= 0.3 is 0 Å². The molecule has 2 heterocycles. The number of nitrogens with one attached hydrogen (secondary N) is 1. The van der Waals surface area contributed by atoms with E-state index in [1.165, 1.54) is 31.4 Å². The number of aliphatic imine (C=N–C) groups is 1. The molecule has 0 aromatic heterocycles. The lowest BCUT2D eigenvalue weighted by Crippen LogP contribution is -2.40. The highest BCUT2D eigenvalue weighted by Crippen LogP contribution is 2.28. The molecule has 4 heteroatoms. The van der Waals surface area contributed by atoms with Gasteiger partial charge in [0.2, 0.25) is 0 Å². The summed E-state index contributed by atoms with van der Waals surface area (Å²) in [6, 6.07) is 0. The first-order valence-electron chi connectivity index (χ1n) is 9.57. The molecule has 4 nitrogen and oxygen atoms in total. The second-order valence-electron chi connectivity index (χ2n) is 6.74. The van der Waals surface area contributed by atoms with Gasteiger partial charge in [-0.2, -0.15) is 0 Å². The number of ether oxygens (including phenoxy) is 1. The second-order valence-corrected chi connectivity index (χ2v) is 6.74. The SMILES string of the molecule is CCNC(=NCCC1=CCOCC1)N1CCC(C(CC)CC)C1. The molecule has 1 unspecified atom stereocenters. The molecule has 0 saturated carbocycles. The molecule has 1 N–H and O–H groups in total. The molecule has 1 fully saturated rings. The molecule has 132 valence electrons. The van der Waals surface area contributed by atoms with Gasteiger partial charge in [-0.1, -0.05) is 38.3 Å². The topological polar surface area (TPSA) is 36.9 Å². The third-order valence-electron chi connectivity index (χ3n) is 5.33. The largest absolute Gasteiger partial charge is 0.377 e. The summed E-state index contributed by atoms with van der Waals surface area (Å²) in [6.45, 7) is 12.6. The Kier molecular flexibility index (Phi) is 7.93. The average Bonchev–Trinajstić information content (AvgIpc) is 3.06. The van der Waals surface area contributed by atoms with Crippen LogP contribution in [0.1, 0.15) is 52.9 Å². The number of guanidine groups is 1. The third kappa shape index (κ3) is 5.52. The van der Waals surface area contributed by atoms with Crippen LogP contribution in [-0.4, -0.2) is 50.3 Å². The van der Waals surface area contributed by atoms with Crippen molar-refractivity contribution in [1.29, 1.82) is 0 Å². The molecule has 1 saturated heterocycles. The van der Waals surface area contributed by atoms with Crippen molar-refractivity contribution in [3.8, 4) is 0 Å². The lowest BCUT2D eigenvalue weighted by molar-refractivity contribution is 0.153. The summed E-state index contributed by atoms with van der Waals surface area (Å²) in [5.41, 5.74) is 1.51. The van der Waals surface area contributed by atoms with Gasteiger partial charge < -0.3 is 15.0 Å². The zero-order chi connectivity index (χ0) is 16.5. The van der Waals surface area contributed by atoms with Crippen molar-refractivity contribution < 1.29 is 4.74 Å². The highest BCUT2D eigenvalue weighted by molar-refractivity contribution is 5.80. The van der Waals surface area contributed by atoms with E-state index in [9.17, 15) is 0 Å². The summed E-state index contributed by atoms with van der Waals surface area (Å²) >= 11 is 0. The highest BCUT2D eigenvalue weighted by atomic mass is 16.5. The van der Waals surface area contributed by atoms with Gasteiger partial charge in [0.1, 0.15) is 0 Å². The Hall–Kier alpha value is -1.03. The van der Waals surface area contributed by atoms with E-state index in [4.69, 9.17) is 9.73 Å². The molecule has 0 amide bonds. The first-order chi connectivity index (χ1) is 11.3. The summed E-state index contributed by atoms with van der Waals surface area (Å²) in [5.74, 6) is 2.83. The summed E-state index contributed by atoms with van der Waals surface area (Å²) in [5, 5.41) is 3.49. The zero-order valence-corrected chi connectivity index (χ0v) is 15.3. The Morgan fingerprint density at radius 3 is 2.87 bits per heavy atom. The third-order valence-corrected chi connectivity index (χ3v) is 5.33. The van der Waals surface area contributed by atoms with Crippen molar-refractivity contribution >= 4 is 5.96 Å². The predicted molar refractivity (Wildman–Crippen MR) is 97.9 cm³/mol. The quantitative estimate of drug-likeness (QED) is 0.443. The molecule has 23 heavy (non-hydrogen) atoms. The summed E-state index contributed by atoms with van der Waals surface area (Å²) < 4.78 is 5.37. The molecule has 1 atom stereocenters. The maximum absolute atomic E-state index is 5.37. The first kappa shape index (κ1) is 18.3. The number of hydrogen-bond acceptors (Lipinski definition) is 2. The van der Waals surface area contributed by atoms with Crippen molar-refractivity contribution in [2.75, 3.05) is 39.4 Å². The monoisotopic (exact) mass is 321 g/mol. The molecule has 0 aromatic carbocycles. The minimum Gasteiger partial charge on any atom is -0.377 e. The van der Waals surface area contributed by atoms with Gasteiger partial charge in [-0.15, -0.1) is 0 Å². The van der Waals surface area contributed by atoms with Crippen LogP contribution in [0.25, 0.3) is 0 Å². The Balaban J connectivity index is 1.87. The Labute approximate surface area is 142 Å². The van der Waals surface area contributed by atoms with E-state index in [1.807, 2.05) is 0 Å². The van der Waals surface area contributed by atoms with Crippen molar-refractivity contribution in [3.05, 3.63) is 11.6 Å². The number of hydrogen-bond donors (Lipinski definition) is 1. The standard InChI is InChI=1S/C19H35N3O/c1-4-17(5-2)18-8-12-22(15-18)19(20-6-3)21-11-7-16-9-13-23-14-10-16/h9,17-18H,4-8,10-15H2,1-3H3,(H,20,21). The Morgan fingerprint density at radius 2 is 2.22 bits per heavy atom. The average molecular weight is 322 g/mol. The van der Waals surface area contributed by atoms with Crippen LogP contribution in [-0.2, 0) is 4.74 Å². The van der Waals surface area contributed by atoms with E-state index in [2.05, 4.69) is 37.1 Å². The van der Waals surface area contributed by atoms with E-state index in [1.54, 1.807) is 0 Å². The molecule has 0 bridgehead atoms. The van der Waals surface area contributed by atoms with Crippen LogP contribution in [0.15, 0.2) is 16.6 Å². The lowest BCUT2D eigenvalue weighted by Gasteiger charge is -2.24. The molecule has 0 aromatic rings. The maximum atomic E-state index is 5.37. The van der Waals surface area contributed by atoms with Crippen LogP contribution in [0.4, 0.5) is 0 Å². The summed E-state index contributed by atoms with van der Waals surface area (Å²) in [4.78, 5) is 7.36. The Bertz CT molecular complexity index is 401. The molecule has 0 radical (unpaired) electrons. The smallest absolute Gasteiger partial charge is 0.193 e. The maximum Gasteiger partial charge on any atom is 0.193 e. The van der Waals surface area contributed by atoms with E-state index in [0.717, 1.165) is 63.5 Å². The first-order valence-corrected chi connectivity index (χ1v) is 9.57. The molecule has 0 spiro atoms. The van der Waals surface area contributed by atoms with Crippen molar-refractivity contribution in [2.45, 2.75) is 52.9 Å². The van der Waals surface area contributed by atoms with Crippen LogP contribution < -0.4 is 5.32 Å².